The Bertz CT molecular complexity index is 888. The van der Waals surface area contributed by atoms with Gasteiger partial charge < -0.3 is 14.6 Å². The van der Waals surface area contributed by atoms with Crippen molar-refractivity contribution < 1.29 is 4.74 Å². The molecule has 8 heteroatoms. The van der Waals surface area contributed by atoms with Gasteiger partial charge in [-0.3, -0.25) is 4.90 Å². The molecule has 1 aliphatic rings. The molecule has 1 unspecified atom stereocenters. The monoisotopic (exact) mass is 353 g/mol. The van der Waals surface area contributed by atoms with Gasteiger partial charge in [-0.05, 0) is 32.0 Å². The summed E-state index contributed by atoms with van der Waals surface area (Å²) in [5, 5.41) is 4.34. The normalized spacial score (nSPS) is 16.1. The van der Waals surface area contributed by atoms with Crippen LogP contribution in [0, 0.1) is 0 Å². The third kappa shape index (κ3) is 3.32. The fourth-order valence-electron chi connectivity index (χ4n) is 3.45. The molecule has 0 bridgehead atoms. The molecule has 1 fully saturated rings. The summed E-state index contributed by atoms with van der Waals surface area (Å²) in [6.07, 6.45) is 9.62. The largest absolute Gasteiger partial charge is 0.495 e. The lowest BCUT2D eigenvalue weighted by atomic mass is 10.2. The topological polar surface area (TPSA) is 81.0 Å². The highest BCUT2D eigenvalue weighted by molar-refractivity contribution is 5.87. The van der Waals surface area contributed by atoms with E-state index in [4.69, 9.17) is 4.74 Å². The molecule has 3 aromatic heterocycles. The van der Waals surface area contributed by atoms with Crippen molar-refractivity contribution in [2.75, 3.05) is 32.1 Å². The van der Waals surface area contributed by atoms with Crippen LogP contribution >= 0.6 is 0 Å². The number of fused-ring (bicyclic) bond motifs is 1. The highest BCUT2D eigenvalue weighted by Crippen LogP contribution is 2.26. The fraction of sp³-hybridized carbons (Fsp3) is 0.444. The Kier molecular flexibility index (Phi) is 4.66. The van der Waals surface area contributed by atoms with Crippen molar-refractivity contribution in [1.82, 2.24) is 29.4 Å². The van der Waals surface area contributed by atoms with Crippen molar-refractivity contribution in [3.05, 3.63) is 36.8 Å². The second-order valence-electron chi connectivity index (χ2n) is 6.57. The number of pyridine rings is 1. The van der Waals surface area contributed by atoms with E-state index >= 15 is 0 Å². The summed E-state index contributed by atoms with van der Waals surface area (Å²) < 4.78 is 7.28. The van der Waals surface area contributed by atoms with Crippen LogP contribution in [0.25, 0.3) is 11.0 Å². The zero-order valence-electron chi connectivity index (χ0n) is 15.1. The molecule has 4 rings (SSSR count). The van der Waals surface area contributed by atoms with E-state index in [9.17, 15) is 0 Å². The number of aromatic nitrogens is 5. The molecule has 136 valence electrons. The summed E-state index contributed by atoms with van der Waals surface area (Å²) in [6.45, 7) is 2.92. The molecule has 0 aliphatic carbocycles. The first kappa shape index (κ1) is 16.7. The average molecular weight is 353 g/mol. The molecule has 1 saturated heterocycles. The molecule has 26 heavy (non-hydrogen) atoms. The van der Waals surface area contributed by atoms with Gasteiger partial charge >= 0.3 is 0 Å². The van der Waals surface area contributed by atoms with Crippen molar-refractivity contribution in [2.45, 2.75) is 18.9 Å². The van der Waals surface area contributed by atoms with Gasteiger partial charge in [-0.25, -0.2) is 19.9 Å². The number of rotatable bonds is 6. The van der Waals surface area contributed by atoms with Crippen LogP contribution in [0.15, 0.2) is 31.1 Å². The molecule has 1 N–H and O–H groups in total. The van der Waals surface area contributed by atoms with Crippen LogP contribution in [-0.2, 0) is 7.05 Å². The van der Waals surface area contributed by atoms with Gasteiger partial charge in [0, 0.05) is 19.8 Å². The van der Waals surface area contributed by atoms with E-state index in [2.05, 4.69) is 36.3 Å². The van der Waals surface area contributed by atoms with E-state index in [-0.39, 0.29) is 6.04 Å². The van der Waals surface area contributed by atoms with Gasteiger partial charge in [-0.1, -0.05) is 0 Å². The lowest BCUT2D eigenvalue weighted by Gasteiger charge is -2.26. The molecule has 0 amide bonds. The Morgan fingerprint density at radius 3 is 2.77 bits per heavy atom. The maximum absolute atomic E-state index is 5.29. The number of methoxy groups -OCH3 is 1. The maximum atomic E-state index is 5.29. The number of nitrogens with one attached hydrogen (secondary N) is 1. The molecule has 1 atom stereocenters. The quantitative estimate of drug-likeness (QED) is 0.726. The fourth-order valence-corrected chi connectivity index (χ4v) is 3.45. The zero-order chi connectivity index (χ0) is 17.9. The van der Waals surface area contributed by atoms with Crippen molar-refractivity contribution in [1.29, 1.82) is 0 Å². The zero-order valence-corrected chi connectivity index (χ0v) is 15.1. The van der Waals surface area contributed by atoms with Gasteiger partial charge in [0.15, 0.2) is 5.65 Å². The van der Waals surface area contributed by atoms with E-state index in [1.807, 2.05) is 24.0 Å². The van der Waals surface area contributed by atoms with E-state index < -0.39 is 0 Å². The number of hydrogen-bond acceptors (Lipinski definition) is 7. The van der Waals surface area contributed by atoms with E-state index in [1.165, 1.54) is 19.2 Å². The highest BCUT2D eigenvalue weighted by atomic mass is 16.5. The predicted octanol–water partition coefficient (Wildman–Crippen LogP) is 2.02. The van der Waals surface area contributed by atoms with Crippen molar-refractivity contribution in [2.24, 2.45) is 7.05 Å². The third-order valence-corrected chi connectivity index (χ3v) is 4.81. The van der Waals surface area contributed by atoms with Gasteiger partial charge in [0.25, 0.3) is 0 Å². The Balaban J connectivity index is 1.60. The number of nitrogens with zero attached hydrogens (tertiary/aromatic N) is 6. The molecule has 1 aliphatic heterocycles. The van der Waals surface area contributed by atoms with Gasteiger partial charge in [-0.2, -0.15) is 0 Å². The van der Waals surface area contributed by atoms with Crippen LogP contribution in [-0.4, -0.2) is 56.1 Å². The smallest absolute Gasteiger partial charge is 0.164 e. The van der Waals surface area contributed by atoms with E-state index in [0.29, 0.717) is 11.4 Å². The number of imidazole rings is 1. The van der Waals surface area contributed by atoms with Gasteiger partial charge in [0.1, 0.15) is 17.9 Å². The first-order valence-electron chi connectivity index (χ1n) is 8.85. The summed E-state index contributed by atoms with van der Waals surface area (Å²) in [5.41, 5.74) is 1.73. The molecule has 0 spiro atoms. The highest BCUT2D eigenvalue weighted by Gasteiger charge is 2.25. The Hall–Kier alpha value is -2.74. The Morgan fingerprint density at radius 2 is 2.04 bits per heavy atom. The molecular weight excluding hydrogens is 330 g/mol. The number of ether oxygens (including phenoxy) is 1. The standard InChI is InChI=1S/C18H23N7O/c1-24-10-15(23-12-24)16(25-5-3-4-6-25)9-20-18-14-7-13(26-2)8-19-17(14)21-11-22-18/h7-8,10-12,16H,3-6,9H2,1-2H3,(H,19,20,21,22). The molecule has 3 aromatic rings. The minimum atomic E-state index is 0.210. The summed E-state index contributed by atoms with van der Waals surface area (Å²) >= 11 is 0. The molecule has 4 heterocycles. The van der Waals surface area contributed by atoms with Gasteiger partial charge in [-0.15, -0.1) is 0 Å². The summed E-state index contributed by atoms with van der Waals surface area (Å²) in [6, 6.07) is 2.12. The van der Waals surface area contributed by atoms with Crippen LogP contribution in [0.1, 0.15) is 24.6 Å². The number of likely N-dealkylation sites (tertiary alicyclic amines) is 1. The molecule has 0 aromatic carbocycles. The van der Waals surface area contributed by atoms with Crippen LogP contribution in [0.4, 0.5) is 5.82 Å². The molecule has 0 radical (unpaired) electrons. The second-order valence-corrected chi connectivity index (χ2v) is 6.57. The molecule has 8 nitrogen and oxygen atoms in total. The third-order valence-electron chi connectivity index (χ3n) is 4.81. The number of aryl methyl sites for hydroxylation is 1. The van der Waals surface area contributed by atoms with Crippen molar-refractivity contribution >= 4 is 16.9 Å². The predicted molar refractivity (Wildman–Crippen MR) is 99.1 cm³/mol. The van der Waals surface area contributed by atoms with Crippen molar-refractivity contribution in [3.63, 3.8) is 0 Å². The van der Waals surface area contributed by atoms with Gasteiger partial charge in [0.05, 0.1) is 36.8 Å². The molecule has 0 saturated carbocycles. The number of anilines is 1. The Labute approximate surface area is 152 Å². The van der Waals surface area contributed by atoms with Crippen LogP contribution in [0.3, 0.4) is 0 Å². The van der Waals surface area contributed by atoms with E-state index in [1.54, 1.807) is 13.3 Å². The molecular formula is C18H23N7O. The van der Waals surface area contributed by atoms with Crippen LogP contribution in [0.2, 0.25) is 0 Å². The summed E-state index contributed by atoms with van der Waals surface area (Å²) in [5.74, 6) is 1.46. The Morgan fingerprint density at radius 1 is 1.19 bits per heavy atom. The first-order chi connectivity index (χ1) is 12.7. The van der Waals surface area contributed by atoms with Gasteiger partial charge in [0.2, 0.25) is 0 Å². The summed E-state index contributed by atoms with van der Waals surface area (Å²) in [4.78, 5) is 20.1. The maximum Gasteiger partial charge on any atom is 0.164 e. The second kappa shape index (κ2) is 7.25. The summed E-state index contributed by atoms with van der Waals surface area (Å²) in [7, 11) is 3.63. The van der Waals surface area contributed by atoms with Crippen LogP contribution < -0.4 is 10.1 Å². The van der Waals surface area contributed by atoms with E-state index in [0.717, 1.165) is 36.5 Å². The van der Waals surface area contributed by atoms with Crippen molar-refractivity contribution in [3.8, 4) is 5.75 Å². The lowest BCUT2D eigenvalue weighted by Crippen LogP contribution is -2.31. The first-order valence-corrected chi connectivity index (χ1v) is 8.85. The van der Waals surface area contributed by atoms with Crippen LogP contribution in [0.5, 0.6) is 5.75 Å². The minimum Gasteiger partial charge on any atom is -0.495 e. The average Bonchev–Trinajstić information content (AvgIpc) is 3.34. The SMILES string of the molecule is COc1cnc2ncnc(NCC(c3cn(C)cn3)N3CCCC3)c2c1. The lowest BCUT2D eigenvalue weighted by molar-refractivity contribution is 0.251. The minimum absolute atomic E-state index is 0.210. The number of hydrogen-bond donors (Lipinski definition) is 1.